The summed E-state index contributed by atoms with van der Waals surface area (Å²) in [5, 5.41) is 2.00. The molecule has 1 amide bonds. The van der Waals surface area contributed by atoms with E-state index in [2.05, 4.69) is 29.8 Å². The number of nitrogens with two attached hydrogens (primary N) is 1. The summed E-state index contributed by atoms with van der Waals surface area (Å²) in [5.74, 6) is 0.199. The SMILES string of the molecule is CCCCCCCn1ccc2cc(OCC(=O)Cn3ccc4cc(C(N)=O)ccc43)ccc21. The van der Waals surface area contributed by atoms with Gasteiger partial charge >= 0.3 is 0 Å². The summed E-state index contributed by atoms with van der Waals surface area (Å²) >= 11 is 0. The van der Waals surface area contributed by atoms with Crippen molar-refractivity contribution in [3.63, 3.8) is 0 Å². The second-order valence-electron chi connectivity index (χ2n) is 8.55. The Kier molecular flexibility index (Phi) is 7.13. The van der Waals surface area contributed by atoms with Crippen LogP contribution in [0.25, 0.3) is 21.8 Å². The maximum absolute atomic E-state index is 12.5. The van der Waals surface area contributed by atoms with Crippen molar-refractivity contribution in [2.45, 2.75) is 52.1 Å². The maximum Gasteiger partial charge on any atom is 0.248 e. The number of unbranched alkanes of at least 4 members (excludes halogenated alkanes) is 4. The Balaban J connectivity index is 1.33. The lowest BCUT2D eigenvalue weighted by atomic mass is 10.1. The lowest BCUT2D eigenvalue weighted by molar-refractivity contribution is -0.121. The Bertz CT molecular complexity index is 1270. The van der Waals surface area contributed by atoms with Gasteiger partial charge in [-0.1, -0.05) is 32.6 Å². The second-order valence-corrected chi connectivity index (χ2v) is 8.55. The van der Waals surface area contributed by atoms with Gasteiger partial charge in [0.1, 0.15) is 12.4 Å². The molecule has 172 valence electrons. The summed E-state index contributed by atoms with van der Waals surface area (Å²) < 4.78 is 9.93. The predicted molar refractivity (Wildman–Crippen MR) is 132 cm³/mol. The number of ketones is 1. The summed E-state index contributed by atoms with van der Waals surface area (Å²) in [6.07, 6.45) is 10.3. The first-order valence-corrected chi connectivity index (χ1v) is 11.7. The molecule has 6 heteroatoms. The number of carbonyl (C=O) groups is 2. The van der Waals surface area contributed by atoms with Gasteiger partial charge in [0.2, 0.25) is 5.91 Å². The molecule has 33 heavy (non-hydrogen) atoms. The number of fused-ring (bicyclic) bond motifs is 2. The van der Waals surface area contributed by atoms with Gasteiger partial charge in [0.15, 0.2) is 5.78 Å². The number of ether oxygens (including phenoxy) is 1. The molecule has 0 saturated heterocycles. The van der Waals surface area contributed by atoms with E-state index >= 15 is 0 Å². The number of hydrogen-bond donors (Lipinski definition) is 1. The average Bonchev–Trinajstić information content (AvgIpc) is 3.41. The van der Waals surface area contributed by atoms with Crippen molar-refractivity contribution in [1.82, 2.24) is 9.13 Å². The van der Waals surface area contributed by atoms with E-state index in [-0.39, 0.29) is 18.9 Å². The van der Waals surface area contributed by atoms with E-state index in [0.717, 1.165) is 22.8 Å². The molecule has 0 fully saturated rings. The van der Waals surface area contributed by atoms with Gasteiger partial charge in [-0.25, -0.2) is 0 Å². The fraction of sp³-hybridized carbons (Fsp3) is 0.333. The molecular weight excluding hydrogens is 414 g/mol. The van der Waals surface area contributed by atoms with Crippen molar-refractivity contribution in [2.75, 3.05) is 6.61 Å². The first-order chi connectivity index (χ1) is 16.0. The molecule has 0 spiro atoms. The molecule has 4 aromatic rings. The summed E-state index contributed by atoms with van der Waals surface area (Å²) in [7, 11) is 0. The summed E-state index contributed by atoms with van der Waals surface area (Å²) in [6, 6.07) is 15.2. The zero-order chi connectivity index (χ0) is 23.2. The van der Waals surface area contributed by atoms with Crippen LogP contribution in [-0.4, -0.2) is 27.4 Å². The number of nitrogens with zero attached hydrogens (tertiary/aromatic N) is 2. The Morgan fingerprint density at radius 2 is 1.55 bits per heavy atom. The van der Waals surface area contributed by atoms with E-state index in [4.69, 9.17) is 10.5 Å². The third-order valence-corrected chi connectivity index (χ3v) is 6.05. The van der Waals surface area contributed by atoms with Crippen molar-refractivity contribution in [1.29, 1.82) is 0 Å². The number of rotatable bonds is 12. The molecule has 6 nitrogen and oxygen atoms in total. The van der Waals surface area contributed by atoms with Crippen LogP contribution in [0.2, 0.25) is 0 Å². The minimum Gasteiger partial charge on any atom is -0.486 e. The van der Waals surface area contributed by atoms with Crippen LogP contribution in [0.5, 0.6) is 5.75 Å². The average molecular weight is 446 g/mol. The first kappa shape index (κ1) is 22.6. The van der Waals surface area contributed by atoms with Crippen molar-refractivity contribution < 1.29 is 14.3 Å². The molecular formula is C27H31N3O3. The van der Waals surface area contributed by atoms with Crippen LogP contribution in [0, 0.1) is 0 Å². The highest BCUT2D eigenvalue weighted by Crippen LogP contribution is 2.23. The smallest absolute Gasteiger partial charge is 0.248 e. The van der Waals surface area contributed by atoms with Gasteiger partial charge in [-0.15, -0.1) is 0 Å². The molecule has 0 aliphatic heterocycles. The van der Waals surface area contributed by atoms with Gasteiger partial charge < -0.3 is 19.6 Å². The van der Waals surface area contributed by atoms with Crippen molar-refractivity contribution in [2.24, 2.45) is 5.73 Å². The number of primary amides is 1. The number of hydrogen-bond acceptors (Lipinski definition) is 3. The Hall–Kier alpha value is -3.54. The zero-order valence-electron chi connectivity index (χ0n) is 19.1. The zero-order valence-corrected chi connectivity index (χ0v) is 19.1. The van der Waals surface area contributed by atoms with Gasteiger partial charge in [-0.05, 0) is 55.0 Å². The standard InChI is InChI=1S/C27H31N3O3/c1-2-3-4-5-6-13-29-14-11-21-17-24(8-10-25(21)29)33-19-23(31)18-30-15-12-20-16-22(27(28)32)7-9-26(20)30/h7-12,14-17H,2-6,13,18-19H2,1H3,(H2,28,32). The molecule has 2 aromatic heterocycles. The third kappa shape index (κ3) is 5.45. The maximum atomic E-state index is 12.5. The topological polar surface area (TPSA) is 79.2 Å². The van der Waals surface area contributed by atoms with Crippen LogP contribution in [0.3, 0.4) is 0 Å². The molecule has 0 aliphatic rings. The fourth-order valence-corrected chi connectivity index (χ4v) is 4.24. The lowest BCUT2D eigenvalue weighted by Crippen LogP contribution is -2.17. The highest BCUT2D eigenvalue weighted by molar-refractivity contribution is 5.97. The Morgan fingerprint density at radius 3 is 2.33 bits per heavy atom. The predicted octanol–water partition coefficient (Wildman–Crippen LogP) is 5.31. The van der Waals surface area contributed by atoms with Crippen LogP contribution in [0.15, 0.2) is 60.9 Å². The van der Waals surface area contributed by atoms with E-state index < -0.39 is 5.91 Å². The van der Waals surface area contributed by atoms with Crippen molar-refractivity contribution >= 4 is 33.5 Å². The van der Waals surface area contributed by atoms with Crippen LogP contribution >= 0.6 is 0 Å². The molecule has 0 unspecified atom stereocenters. The van der Waals surface area contributed by atoms with Gasteiger partial charge in [-0.3, -0.25) is 9.59 Å². The third-order valence-electron chi connectivity index (χ3n) is 6.05. The number of carbonyl (C=O) groups excluding carboxylic acids is 2. The molecule has 0 atom stereocenters. The molecule has 2 N–H and O–H groups in total. The second kappa shape index (κ2) is 10.4. The highest BCUT2D eigenvalue weighted by atomic mass is 16.5. The fourth-order valence-electron chi connectivity index (χ4n) is 4.24. The minimum absolute atomic E-state index is 0.00267. The van der Waals surface area contributed by atoms with E-state index in [1.54, 1.807) is 12.1 Å². The van der Waals surface area contributed by atoms with Gasteiger partial charge in [0, 0.05) is 46.3 Å². The number of Topliss-reactive ketones (excluding diaryl/α,β-unsaturated/α-hetero) is 1. The molecule has 4 rings (SSSR count). The summed E-state index contributed by atoms with van der Waals surface area (Å²) in [6.45, 7) is 3.47. The summed E-state index contributed by atoms with van der Waals surface area (Å²) in [4.78, 5) is 23.9. The molecule has 0 aliphatic carbocycles. The van der Waals surface area contributed by atoms with Gasteiger partial charge in [0.25, 0.3) is 0 Å². The lowest BCUT2D eigenvalue weighted by Gasteiger charge is -2.09. The van der Waals surface area contributed by atoms with E-state index in [1.807, 2.05) is 35.0 Å². The van der Waals surface area contributed by atoms with Crippen LogP contribution in [0.1, 0.15) is 49.4 Å². The molecule has 2 aromatic carbocycles. The van der Waals surface area contributed by atoms with Crippen LogP contribution in [-0.2, 0) is 17.9 Å². The highest BCUT2D eigenvalue weighted by Gasteiger charge is 2.10. The van der Waals surface area contributed by atoms with Gasteiger partial charge in [0.05, 0.1) is 6.54 Å². The monoisotopic (exact) mass is 445 g/mol. The number of benzene rings is 2. The largest absolute Gasteiger partial charge is 0.486 e. The number of amides is 1. The van der Waals surface area contributed by atoms with Crippen LogP contribution < -0.4 is 10.5 Å². The first-order valence-electron chi connectivity index (χ1n) is 11.7. The van der Waals surface area contributed by atoms with E-state index in [0.29, 0.717) is 11.3 Å². The minimum atomic E-state index is -0.464. The number of aromatic nitrogens is 2. The van der Waals surface area contributed by atoms with E-state index in [1.165, 1.54) is 37.6 Å². The van der Waals surface area contributed by atoms with Gasteiger partial charge in [-0.2, -0.15) is 0 Å². The molecule has 0 saturated carbocycles. The summed E-state index contributed by atoms with van der Waals surface area (Å²) in [5.41, 5.74) is 7.87. The number of aryl methyl sites for hydroxylation is 1. The Labute approximate surface area is 193 Å². The van der Waals surface area contributed by atoms with E-state index in [9.17, 15) is 9.59 Å². The quantitative estimate of drug-likeness (QED) is 0.300. The molecule has 0 bridgehead atoms. The Morgan fingerprint density at radius 1 is 0.848 bits per heavy atom. The van der Waals surface area contributed by atoms with Crippen molar-refractivity contribution in [3.05, 3.63) is 66.5 Å². The molecule has 0 radical (unpaired) electrons. The van der Waals surface area contributed by atoms with Crippen LogP contribution in [0.4, 0.5) is 0 Å². The molecule has 2 heterocycles. The van der Waals surface area contributed by atoms with Crippen molar-refractivity contribution in [3.8, 4) is 5.75 Å². The normalized spacial score (nSPS) is 11.3.